The van der Waals surface area contributed by atoms with Crippen LogP contribution in [0.25, 0.3) is 0 Å². The van der Waals surface area contributed by atoms with Crippen LogP contribution in [0.2, 0.25) is 0 Å². The summed E-state index contributed by atoms with van der Waals surface area (Å²) in [6.07, 6.45) is 3.41. The van der Waals surface area contributed by atoms with Crippen molar-refractivity contribution >= 4 is 82.0 Å². The Morgan fingerprint density at radius 1 is 0.671 bits per heavy atom. The van der Waals surface area contributed by atoms with Gasteiger partial charge in [0.2, 0.25) is 17.7 Å². The Morgan fingerprint density at radius 2 is 1.27 bits per heavy atom. The minimum absolute atomic E-state index is 0.0224. The molecular formula is C58H58N8O13. The van der Waals surface area contributed by atoms with Gasteiger partial charge >= 0.3 is 5.97 Å². The number of para-hydroxylation sites is 2. The first kappa shape index (κ1) is 53.1. The Labute approximate surface area is 454 Å². The summed E-state index contributed by atoms with van der Waals surface area (Å²) >= 11 is 0. The van der Waals surface area contributed by atoms with E-state index in [-0.39, 0.29) is 75.6 Å². The number of nitrogens with one attached hydrogen (secondary N) is 4. The van der Waals surface area contributed by atoms with Gasteiger partial charge in [-0.15, -0.1) is 5.06 Å². The van der Waals surface area contributed by atoms with Gasteiger partial charge in [0.15, 0.2) is 23.0 Å². The smallest absolute Gasteiger partial charge is 0.333 e. The van der Waals surface area contributed by atoms with Crippen LogP contribution < -0.4 is 50.0 Å². The molecule has 0 radical (unpaired) electrons. The third-order valence-corrected chi connectivity index (χ3v) is 14.3. The normalized spacial score (nSPS) is 17.3. The molecule has 5 aliphatic heterocycles. The lowest BCUT2D eigenvalue weighted by Crippen LogP contribution is -2.50. The highest BCUT2D eigenvalue weighted by atomic mass is 16.7. The molecule has 4 atom stereocenters. The van der Waals surface area contributed by atoms with Crippen molar-refractivity contribution < 1.29 is 62.1 Å². The molecule has 0 bridgehead atoms. The Bertz CT molecular complexity index is 3330. The number of methoxy groups -OCH3 is 2. The summed E-state index contributed by atoms with van der Waals surface area (Å²) in [6.45, 7) is 3.40. The van der Waals surface area contributed by atoms with Gasteiger partial charge in [0.25, 0.3) is 23.6 Å². The highest BCUT2D eigenvalue weighted by Gasteiger charge is 2.39. The van der Waals surface area contributed by atoms with Crippen LogP contribution in [0.3, 0.4) is 0 Å². The average molecular weight is 1080 g/mol. The zero-order valence-corrected chi connectivity index (χ0v) is 43.9. The maximum absolute atomic E-state index is 14.1. The fourth-order valence-corrected chi connectivity index (χ4v) is 10.3. The number of hydrogen-bond acceptors (Lipinski definition) is 15. The van der Waals surface area contributed by atoms with E-state index >= 15 is 0 Å². The number of carbonyl (C=O) groups excluding carboxylic acids is 8. The molecule has 10 rings (SSSR count). The van der Waals surface area contributed by atoms with Crippen molar-refractivity contribution in [3.05, 3.63) is 124 Å². The lowest BCUT2D eigenvalue weighted by Gasteiger charge is -2.22. The van der Waals surface area contributed by atoms with Crippen LogP contribution >= 0.6 is 0 Å². The first-order chi connectivity index (χ1) is 38.2. The summed E-state index contributed by atoms with van der Waals surface area (Å²) in [5.41, 5.74) is 7.20. The van der Waals surface area contributed by atoms with Crippen molar-refractivity contribution in [3.63, 3.8) is 0 Å². The maximum Gasteiger partial charge on any atom is 0.333 e. The molecule has 0 saturated carbocycles. The quantitative estimate of drug-likeness (QED) is 0.0526. The van der Waals surface area contributed by atoms with Gasteiger partial charge in [0.1, 0.15) is 25.3 Å². The molecule has 4 N–H and O–H groups in total. The molecule has 21 heteroatoms. The van der Waals surface area contributed by atoms with E-state index in [1.54, 1.807) is 47.5 Å². The van der Waals surface area contributed by atoms with Gasteiger partial charge < -0.3 is 50.0 Å². The van der Waals surface area contributed by atoms with Gasteiger partial charge in [-0.25, -0.2) is 4.79 Å². The second kappa shape index (κ2) is 22.7. The lowest BCUT2D eigenvalue weighted by atomic mass is 10.1. The molecule has 0 spiro atoms. The monoisotopic (exact) mass is 1070 g/mol. The standard InChI is InChI=1S/C58H58N8O13/c1-32(61-51(67)15-9-10-16-54(70)79-66-52(68)17-18-53(66)69)55(71)62-33(2)56(72)63-38-20-34(30-77-49-26-43-41(24-47(49)75-3)57(73)64-39(28-59-43)22-36-11-5-7-13-45(36)64)19-35(21-38)31-78-50-27-44-42(25-48(50)76-4)58(74)65-40(29-60-44)23-37-12-6-8-14-46(37)65/h5-8,11-14,19-21,24-28,32-33,39-40,60H,9-10,15-18,22-23,29-31H2,1-4H3,(H,61,67)(H,62,71)(H,63,72)/t32-,33-,39-,40-/m0/s1. The Morgan fingerprint density at radius 3 is 1.95 bits per heavy atom. The van der Waals surface area contributed by atoms with Gasteiger partial charge in [-0.3, -0.25) is 43.5 Å². The fourth-order valence-electron chi connectivity index (χ4n) is 10.3. The number of nitrogens with zero attached hydrogens (tertiary/aromatic N) is 4. The number of aliphatic imine (C=N–C) groups is 1. The first-order valence-electron chi connectivity index (χ1n) is 26.1. The number of benzene rings is 5. The molecule has 21 nitrogen and oxygen atoms in total. The van der Waals surface area contributed by atoms with Crippen molar-refractivity contribution in [3.8, 4) is 23.0 Å². The number of amides is 7. The number of imide groups is 1. The summed E-state index contributed by atoms with van der Waals surface area (Å²) in [6, 6.07) is 25.2. The SMILES string of the molecule is COc1cc2c(cc1OCc1cc(COc3cc4c(cc3OC)C(=O)N3c5ccccc5C[C@H]3CN4)cc(NC(=O)[C@H](C)NC(=O)[C@H](C)NC(=O)CCCCC(=O)ON3C(=O)CCC3=O)c1)N=C[C@@H]1Cc3ccccc3N1C2=O. The number of fused-ring (bicyclic) bond motifs is 8. The Balaban J connectivity index is 0.825. The number of ether oxygens (including phenoxy) is 4. The Hall–Kier alpha value is -9.27. The first-order valence-corrected chi connectivity index (χ1v) is 26.1. The zero-order chi connectivity index (χ0) is 55.5. The van der Waals surface area contributed by atoms with Gasteiger partial charge in [-0.05, 0) is 97.8 Å². The molecule has 408 valence electrons. The van der Waals surface area contributed by atoms with E-state index in [4.69, 9.17) is 28.8 Å². The molecule has 1 fully saturated rings. The van der Waals surface area contributed by atoms with E-state index in [9.17, 15) is 38.4 Å². The van der Waals surface area contributed by atoms with Gasteiger partial charge in [-0.1, -0.05) is 36.4 Å². The number of hydrogen-bond donors (Lipinski definition) is 4. The molecule has 5 aromatic rings. The van der Waals surface area contributed by atoms with Crippen molar-refractivity contribution in [2.45, 2.75) is 103 Å². The van der Waals surface area contributed by atoms with Gasteiger partial charge in [0.05, 0.1) is 48.8 Å². The molecular weight excluding hydrogens is 1020 g/mol. The zero-order valence-electron chi connectivity index (χ0n) is 43.9. The summed E-state index contributed by atoms with van der Waals surface area (Å²) in [5.74, 6) is -2.68. The molecule has 0 aliphatic carbocycles. The van der Waals surface area contributed by atoms with Gasteiger partial charge in [-0.2, -0.15) is 0 Å². The molecule has 0 unspecified atom stereocenters. The van der Waals surface area contributed by atoms with Crippen LogP contribution in [-0.2, 0) is 59.7 Å². The molecule has 5 aromatic carbocycles. The summed E-state index contributed by atoms with van der Waals surface area (Å²) < 4.78 is 24.4. The number of carbonyl (C=O) groups is 8. The number of rotatable bonds is 19. The summed E-state index contributed by atoms with van der Waals surface area (Å²) in [5, 5.41) is 12.0. The second-order valence-electron chi connectivity index (χ2n) is 19.8. The largest absolute Gasteiger partial charge is 0.493 e. The van der Waals surface area contributed by atoms with Crippen LogP contribution in [0.4, 0.5) is 28.4 Å². The van der Waals surface area contributed by atoms with E-state index < -0.39 is 47.6 Å². The highest BCUT2D eigenvalue weighted by Crippen LogP contribution is 2.43. The van der Waals surface area contributed by atoms with Crippen molar-refractivity contribution in [1.82, 2.24) is 15.7 Å². The summed E-state index contributed by atoms with van der Waals surface area (Å²) in [7, 11) is 2.98. The third-order valence-electron chi connectivity index (χ3n) is 14.3. The number of unbranched alkanes of at least 4 members (excludes halogenated alkanes) is 1. The maximum atomic E-state index is 14.1. The van der Waals surface area contributed by atoms with E-state index in [1.165, 1.54) is 28.1 Å². The minimum Gasteiger partial charge on any atom is -0.493 e. The second-order valence-corrected chi connectivity index (χ2v) is 19.8. The van der Waals surface area contributed by atoms with Crippen LogP contribution in [0.1, 0.15) is 95.3 Å². The molecule has 5 aliphatic rings. The van der Waals surface area contributed by atoms with Crippen molar-refractivity contribution in [1.29, 1.82) is 0 Å². The molecule has 0 aromatic heterocycles. The van der Waals surface area contributed by atoms with Crippen LogP contribution in [0.15, 0.2) is 96.0 Å². The van der Waals surface area contributed by atoms with E-state index in [0.717, 1.165) is 22.5 Å². The number of hydroxylamine groups is 2. The predicted octanol–water partition coefficient (Wildman–Crippen LogP) is 6.26. The van der Waals surface area contributed by atoms with Gasteiger partial charge in [0, 0.05) is 74.1 Å². The average Bonchev–Trinajstić information content (AvgIpc) is 4.29. The fraction of sp³-hybridized carbons (Fsp3) is 0.328. The predicted molar refractivity (Wildman–Crippen MR) is 289 cm³/mol. The van der Waals surface area contributed by atoms with Crippen LogP contribution in [0.5, 0.6) is 23.0 Å². The Kier molecular flexibility index (Phi) is 15.3. The van der Waals surface area contributed by atoms with Crippen LogP contribution in [0, 0.1) is 0 Å². The van der Waals surface area contributed by atoms with Crippen LogP contribution in [-0.4, -0.2) is 104 Å². The minimum atomic E-state index is -1.08. The van der Waals surface area contributed by atoms with E-state index in [0.29, 0.717) is 86.8 Å². The molecule has 7 amide bonds. The topological polar surface area (TPSA) is 253 Å². The van der Waals surface area contributed by atoms with E-state index in [1.807, 2.05) is 59.5 Å². The number of anilines is 4. The molecule has 1 saturated heterocycles. The van der Waals surface area contributed by atoms with Crippen molar-refractivity contribution in [2.75, 3.05) is 41.2 Å². The highest BCUT2D eigenvalue weighted by molar-refractivity contribution is 6.15. The summed E-state index contributed by atoms with van der Waals surface area (Å²) in [4.78, 5) is 117. The van der Waals surface area contributed by atoms with Crippen molar-refractivity contribution in [2.24, 2.45) is 4.99 Å². The molecule has 5 heterocycles. The van der Waals surface area contributed by atoms with E-state index in [2.05, 4.69) is 21.3 Å². The lowest BCUT2D eigenvalue weighted by molar-refractivity contribution is -0.197. The third kappa shape index (κ3) is 11.3. The molecule has 79 heavy (non-hydrogen) atoms.